The van der Waals surface area contributed by atoms with Crippen molar-refractivity contribution in [1.29, 1.82) is 0 Å². The fourth-order valence-electron chi connectivity index (χ4n) is 2.72. The van der Waals surface area contributed by atoms with Gasteiger partial charge in [-0.15, -0.1) is 11.3 Å². The summed E-state index contributed by atoms with van der Waals surface area (Å²) in [5, 5.41) is 6.23. The third kappa shape index (κ3) is 5.00. The molecule has 0 bridgehead atoms. The molecule has 25 heavy (non-hydrogen) atoms. The molecule has 0 aliphatic heterocycles. The molecule has 0 radical (unpaired) electrons. The standard InChI is InChI=1S/C21H22N2OS/c1-2-18-15-25-21(22-18)19(13-16-9-5-3-6-10-16)23-20(24)14-17-11-7-4-8-12-17/h3-12,15,19H,2,13-14H2,1H3,(H,23,24). The molecule has 0 saturated heterocycles. The number of carbonyl (C=O) groups is 1. The summed E-state index contributed by atoms with van der Waals surface area (Å²) >= 11 is 1.62. The van der Waals surface area contributed by atoms with Gasteiger partial charge in [-0.3, -0.25) is 4.79 Å². The summed E-state index contributed by atoms with van der Waals surface area (Å²) in [6, 6.07) is 20.0. The van der Waals surface area contributed by atoms with E-state index >= 15 is 0 Å². The van der Waals surface area contributed by atoms with E-state index in [1.165, 1.54) is 5.56 Å². The van der Waals surface area contributed by atoms with Crippen molar-refractivity contribution in [2.24, 2.45) is 0 Å². The van der Waals surface area contributed by atoms with E-state index < -0.39 is 0 Å². The van der Waals surface area contributed by atoms with Crippen LogP contribution in [0.4, 0.5) is 0 Å². The quantitative estimate of drug-likeness (QED) is 0.688. The lowest BCUT2D eigenvalue weighted by atomic mass is 10.1. The zero-order chi connectivity index (χ0) is 17.5. The molecule has 0 saturated carbocycles. The first kappa shape index (κ1) is 17.4. The van der Waals surface area contributed by atoms with E-state index in [2.05, 4.69) is 34.7 Å². The van der Waals surface area contributed by atoms with Crippen LogP contribution in [-0.4, -0.2) is 10.9 Å². The highest BCUT2D eigenvalue weighted by Gasteiger charge is 2.19. The lowest BCUT2D eigenvalue weighted by Crippen LogP contribution is -2.31. The number of hydrogen-bond acceptors (Lipinski definition) is 3. The van der Waals surface area contributed by atoms with Crippen molar-refractivity contribution in [2.45, 2.75) is 32.2 Å². The van der Waals surface area contributed by atoms with E-state index in [0.29, 0.717) is 6.42 Å². The van der Waals surface area contributed by atoms with E-state index in [4.69, 9.17) is 0 Å². The molecule has 1 unspecified atom stereocenters. The Balaban J connectivity index is 1.74. The Morgan fingerprint density at radius 3 is 2.28 bits per heavy atom. The number of carbonyl (C=O) groups excluding carboxylic acids is 1. The van der Waals surface area contributed by atoms with Crippen LogP contribution in [0.5, 0.6) is 0 Å². The molecule has 1 atom stereocenters. The van der Waals surface area contributed by atoms with E-state index in [1.807, 2.05) is 48.5 Å². The molecule has 1 amide bonds. The monoisotopic (exact) mass is 350 g/mol. The van der Waals surface area contributed by atoms with Gasteiger partial charge in [0.1, 0.15) is 5.01 Å². The third-order valence-electron chi connectivity index (χ3n) is 4.06. The second-order valence-corrected chi connectivity index (χ2v) is 6.89. The maximum absolute atomic E-state index is 12.5. The fraction of sp³-hybridized carbons (Fsp3) is 0.238. The summed E-state index contributed by atoms with van der Waals surface area (Å²) in [5.74, 6) is 0.0281. The SMILES string of the molecule is CCc1csc(C(Cc2ccccc2)NC(=O)Cc2ccccc2)n1. The van der Waals surface area contributed by atoms with Crippen molar-refractivity contribution in [3.63, 3.8) is 0 Å². The lowest BCUT2D eigenvalue weighted by Gasteiger charge is -2.17. The highest BCUT2D eigenvalue weighted by Crippen LogP contribution is 2.23. The zero-order valence-electron chi connectivity index (χ0n) is 14.3. The first-order valence-electron chi connectivity index (χ1n) is 8.56. The fourth-order valence-corrected chi connectivity index (χ4v) is 3.67. The number of nitrogens with one attached hydrogen (secondary N) is 1. The third-order valence-corrected chi connectivity index (χ3v) is 5.06. The van der Waals surface area contributed by atoms with Gasteiger partial charge < -0.3 is 5.32 Å². The smallest absolute Gasteiger partial charge is 0.224 e. The highest BCUT2D eigenvalue weighted by atomic mass is 32.1. The van der Waals surface area contributed by atoms with Crippen LogP contribution in [0.15, 0.2) is 66.0 Å². The van der Waals surface area contributed by atoms with Crippen LogP contribution in [0.1, 0.15) is 34.8 Å². The van der Waals surface area contributed by atoms with Crippen LogP contribution in [-0.2, 0) is 24.1 Å². The second-order valence-electron chi connectivity index (χ2n) is 6.00. The molecule has 3 rings (SSSR count). The number of hydrogen-bond donors (Lipinski definition) is 1. The van der Waals surface area contributed by atoms with Crippen LogP contribution >= 0.6 is 11.3 Å². The van der Waals surface area contributed by atoms with Gasteiger partial charge in [-0.05, 0) is 24.0 Å². The predicted octanol–water partition coefficient (Wildman–Crippen LogP) is 4.35. The first-order chi connectivity index (χ1) is 12.2. The summed E-state index contributed by atoms with van der Waals surface area (Å²) in [5.41, 5.74) is 3.29. The number of nitrogens with zero attached hydrogens (tertiary/aromatic N) is 1. The molecule has 2 aromatic carbocycles. The molecular formula is C21H22N2OS. The number of aryl methyl sites for hydroxylation is 1. The predicted molar refractivity (Wildman–Crippen MR) is 103 cm³/mol. The minimum absolute atomic E-state index is 0.0281. The van der Waals surface area contributed by atoms with Gasteiger partial charge in [-0.1, -0.05) is 67.6 Å². The average Bonchev–Trinajstić information content (AvgIpc) is 3.12. The van der Waals surface area contributed by atoms with Gasteiger partial charge in [0.05, 0.1) is 18.2 Å². The van der Waals surface area contributed by atoms with E-state index in [-0.39, 0.29) is 11.9 Å². The average molecular weight is 350 g/mol. The largest absolute Gasteiger partial charge is 0.346 e. The first-order valence-corrected chi connectivity index (χ1v) is 9.44. The summed E-state index contributed by atoms with van der Waals surface area (Å²) in [7, 11) is 0. The Morgan fingerprint density at radius 2 is 1.68 bits per heavy atom. The molecule has 4 heteroatoms. The summed E-state index contributed by atoms with van der Waals surface area (Å²) < 4.78 is 0. The topological polar surface area (TPSA) is 42.0 Å². The Kier molecular flexibility index (Phi) is 5.96. The van der Waals surface area contributed by atoms with Gasteiger partial charge in [0.25, 0.3) is 0 Å². The van der Waals surface area contributed by atoms with Gasteiger partial charge in [-0.25, -0.2) is 4.98 Å². The van der Waals surface area contributed by atoms with Gasteiger partial charge in [0.2, 0.25) is 5.91 Å². The summed E-state index contributed by atoms with van der Waals surface area (Å²) in [6.07, 6.45) is 2.04. The molecule has 0 spiro atoms. The number of aromatic nitrogens is 1. The van der Waals surface area contributed by atoms with Gasteiger partial charge in [-0.2, -0.15) is 0 Å². The molecule has 0 fully saturated rings. The minimum Gasteiger partial charge on any atom is -0.346 e. The molecule has 128 valence electrons. The van der Waals surface area contributed by atoms with Gasteiger partial charge >= 0.3 is 0 Å². The Labute approximate surface area is 152 Å². The molecule has 3 aromatic rings. The van der Waals surface area contributed by atoms with Crippen LogP contribution < -0.4 is 5.32 Å². The molecular weight excluding hydrogens is 328 g/mol. The second kappa shape index (κ2) is 8.58. The van der Waals surface area contributed by atoms with Crippen LogP contribution in [0.25, 0.3) is 0 Å². The van der Waals surface area contributed by atoms with E-state index in [0.717, 1.165) is 29.1 Å². The van der Waals surface area contributed by atoms with E-state index in [1.54, 1.807) is 11.3 Å². The maximum Gasteiger partial charge on any atom is 0.224 e. The Hall–Kier alpha value is -2.46. The minimum atomic E-state index is -0.0936. The van der Waals surface area contributed by atoms with Crippen molar-refractivity contribution < 1.29 is 4.79 Å². The maximum atomic E-state index is 12.5. The lowest BCUT2D eigenvalue weighted by molar-refractivity contribution is -0.121. The number of thiazole rings is 1. The van der Waals surface area contributed by atoms with Crippen LogP contribution in [0.3, 0.4) is 0 Å². The molecule has 3 nitrogen and oxygen atoms in total. The normalized spacial score (nSPS) is 11.9. The molecule has 1 aromatic heterocycles. The molecule has 1 N–H and O–H groups in total. The number of rotatable bonds is 7. The molecule has 0 aliphatic carbocycles. The van der Waals surface area contributed by atoms with Crippen molar-refractivity contribution in [1.82, 2.24) is 10.3 Å². The summed E-state index contributed by atoms with van der Waals surface area (Å²) in [6.45, 7) is 2.10. The van der Waals surface area contributed by atoms with Gasteiger partial charge in [0, 0.05) is 5.38 Å². The molecule has 0 aliphatic rings. The van der Waals surface area contributed by atoms with Crippen LogP contribution in [0, 0.1) is 0 Å². The Bertz CT molecular complexity index is 799. The van der Waals surface area contributed by atoms with E-state index in [9.17, 15) is 4.79 Å². The molecule has 1 heterocycles. The highest BCUT2D eigenvalue weighted by molar-refractivity contribution is 7.09. The zero-order valence-corrected chi connectivity index (χ0v) is 15.1. The van der Waals surface area contributed by atoms with Gasteiger partial charge in [0.15, 0.2) is 0 Å². The van der Waals surface area contributed by atoms with Crippen molar-refractivity contribution in [3.05, 3.63) is 87.9 Å². The van der Waals surface area contributed by atoms with Crippen molar-refractivity contribution in [3.8, 4) is 0 Å². The number of amides is 1. The number of benzene rings is 2. The Morgan fingerprint density at radius 1 is 1.04 bits per heavy atom. The van der Waals surface area contributed by atoms with Crippen molar-refractivity contribution >= 4 is 17.2 Å². The van der Waals surface area contributed by atoms with Crippen molar-refractivity contribution in [2.75, 3.05) is 0 Å². The summed E-state index contributed by atoms with van der Waals surface area (Å²) in [4.78, 5) is 17.2. The van der Waals surface area contributed by atoms with Crippen LogP contribution in [0.2, 0.25) is 0 Å².